The van der Waals surface area contributed by atoms with E-state index in [1.807, 2.05) is 5.10 Å². The van der Waals surface area contributed by atoms with Crippen LogP contribution in [0, 0.1) is 4.91 Å². The molecule has 0 aliphatic rings. The highest BCUT2D eigenvalue weighted by molar-refractivity contribution is 4.70. The number of H-pyrrole nitrogens is 2. The quantitative estimate of drug-likeness (QED) is 0.393. The standard InChI is InChI=1S/C3H3N3O2.H3N/c7-3-1-2-4-6(8)5-3;/h1-2H,(H-,4,5,7,8);1H3/p+2. The Morgan fingerprint density at radius 3 is 2.56 bits per heavy atom. The van der Waals surface area contributed by atoms with E-state index in [1.54, 1.807) is 0 Å². The Morgan fingerprint density at radius 1 is 1.56 bits per heavy atom. The molecule has 0 bridgehead atoms. The molecule has 0 aliphatic heterocycles. The van der Waals surface area contributed by atoms with Gasteiger partial charge in [-0.2, -0.15) is 0 Å². The molecule has 6 nitrogen and oxygen atoms in total. The summed E-state index contributed by atoms with van der Waals surface area (Å²) in [7, 11) is 0. The summed E-state index contributed by atoms with van der Waals surface area (Å²) in [6.45, 7) is 0. The van der Waals surface area contributed by atoms with E-state index < -0.39 is 5.56 Å². The maximum atomic E-state index is 10.2. The summed E-state index contributed by atoms with van der Waals surface area (Å²) in [5, 5.41) is 4.10. The Morgan fingerprint density at radius 2 is 2.22 bits per heavy atom. The minimum absolute atomic E-state index is 0. The first-order valence-corrected chi connectivity index (χ1v) is 1.99. The highest BCUT2D eigenvalue weighted by atomic mass is 16.3. The van der Waals surface area contributed by atoms with Crippen molar-refractivity contribution in [3.8, 4) is 0 Å². The van der Waals surface area contributed by atoms with E-state index in [4.69, 9.17) is 0 Å². The van der Waals surface area contributed by atoms with Crippen LogP contribution in [0.15, 0.2) is 17.1 Å². The van der Waals surface area contributed by atoms with E-state index in [1.165, 1.54) is 12.3 Å². The highest BCUT2D eigenvalue weighted by Crippen LogP contribution is 1.49. The van der Waals surface area contributed by atoms with Crippen LogP contribution in [0.4, 0.5) is 0 Å². The number of hydrogen-bond donors (Lipinski definition) is 3. The second kappa shape index (κ2) is 2.78. The van der Waals surface area contributed by atoms with Crippen molar-refractivity contribution in [3.63, 3.8) is 0 Å². The van der Waals surface area contributed by atoms with Gasteiger partial charge in [0, 0.05) is 6.07 Å². The molecule has 9 heavy (non-hydrogen) atoms. The summed E-state index contributed by atoms with van der Waals surface area (Å²) in [5.41, 5.74) is -0.418. The predicted molar refractivity (Wildman–Crippen MR) is 30.8 cm³/mol. The monoisotopic (exact) mass is 132 g/mol. The topological polar surface area (TPSA) is 108 Å². The van der Waals surface area contributed by atoms with Crippen LogP contribution >= 0.6 is 0 Å². The van der Waals surface area contributed by atoms with Gasteiger partial charge in [-0.25, -0.2) is 0 Å². The fourth-order valence-electron chi connectivity index (χ4n) is 0.350. The Bertz CT molecular complexity index is 248. The van der Waals surface area contributed by atoms with Gasteiger partial charge in [0.2, 0.25) is 0 Å². The molecular formula is C3H8N4O2+2. The Balaban J connectivity index is 0.000000640. The van der Waals surface area contributed by atoms with Crippen LogP contribution in [-0.2, 0) is 0 Å². The van der Waals surface area contributed by atoms with Crippen LogP contribution < -0.4 is 16.4 Å². The molecule has 0 atom stereocenters. The second-order valence-corrected chi connectivity index (χ2v) is 1.23. The lowest BCUT2D eigenvalue weighted by atomic mass is 10.7. The van der Waals surface area contributed by atoms with Gasteiger partial charge >= 0.3 is 5.56 Å². The number of nitrogens with zero attached hydrogens (tertiary/aromatic N) is 1. The molecule has 0 saturated heterocycles. The van der Waals surface area contributed by atoms with Gasteiger partial charge in [-0.15, -0.1) is 0 Å². The Labute approximate surface area is 49.7 Å². The number of aromatic amines is 2. The average Bonchev–Trinajstić information content (AvgIpc) is 1.64. The summed E-state index contributed by atoms with van der Waals surface area (Å²) < 4.78 is 0.225. The van der Waals surface area contributed by atoms with Crippen molar-refractivity contribution >= 4 is 0 Å². The van der Waals surface area contributed by atoms with Crippen molar-refractivity contribution < 1.29 is 4.66 Å². The zero-order valence-corrected chi connectivity index (χ0v) is 4.92. The fraction of sp³-hybridized carbons (Fsp3) is 0. The maximum absolute atomic E-state index is 10.2. The van der Waals surface area contributed by atoms with Gasteiger partial charge in [0.05, 0.1) is 11.1 Å². The van der Waals surface area contributed by atoms with Crippen LogP contribution in [-0.4, -0.2) is 10.2 Å². The first-order valence-electron chi connectivity index (χ1n) is 1.99. The minimum Gasteiger partial charge on any atom is -0.369 e. The van der Waals surface area contributed by atoms with E-state index in [0.717, 1.165) is 0 Å². The van der Waals surface area contributed by atoms with Crippen molar-refractivity contribution in [1.29, 1.82) is 0 Å². The van der Waals surface area contributed by atoms with Gasteiger partial charge in [0.25, 0.3) is 4.66 Å². The van der Waals surface area contributed by atoms with E-state index in [2.05, 4.69) is 5.10 Å². The van der Waals surface area contributed by atoms with Gasteiger partial charge < -0.3 is 6.15 Å². The lowest BCUT2D eigenvalue weighted by Gasteiger charge is -1.65. The van der Waals surface area contributed by atoms with Crippen molar-refractivity contribution in [2.75, 3.05) is 0 Å². The molecule has 0 fully saturated rings. The predicted octanol–water partition coefficient (Wildman–Crippen LogP) is -1.01. The summed E-state index contributed by atoms with van der Waals surface area (Å²) in [6, 6.07) is 1.22. The smallest absolute Gasteiger partial charge is 0.307 e. The van der Waals surface area contributed by atoms with Gasteiger partial charge in [-0.3, -0.25) is 4.79 Å². The molecule has 0 aromatic carbocycles. The first-order chi connectivity index (χ1) is 3.79. The molecule has 6 heteroatoms. The molecule has 1 aromatic heterocycles. The molecule has 0 amide bonds. The molecule has 0 unspecified atom stereocenters. The van der Waals surface area contributed by atoms with Crippen LogP contribution in [0.1, 0.15) is 0 Å². The van der Waals surface area contributed by atoms with Crippen molar-refractivity contribution in [3.05, 3.63) is 27.5 Å². The SMILES string of the molecule is O=c1cc[nH][n+](=O)[nH]1.[NH4+]. The largest absolute Gasteiger partial charge is 0.369 e. The Kier molecular flexibility index (Phi) is 2.33. The van der Waals surface area contributed by atoms with Gasteiger partial charge in [0.15, 0.2) is 0 Å². The van der Waals surface area contributed by atoms with Gasteiger partial charge in [-0.1, -0.05) is 5.10 Å². The first kappa shape index (κ1) is 7.57. The number of aromatic nitrogens is 3. The molecule has 6 N–H and O–H groups in total. The van der Waals surface area contributed by atoms with Crippen LogP contribution in [0.25, 0.3) is 0 Å². The number of rotatable bonds is 0. The van der Waals surface area contributed by atoms with Crippen LogP contribution in [0.2, 0.25) is 0 Å². The third kappa shape index (κ3) is 1.87. The van der Waals surface area contributed by atoms with E-state index >= 15 is 0 Å². The summed E-state index contributed by atoms with van der Waals surface area (Å²) in [6.07, 6.45) is 1.26. The summed E-state index contributed by atoms with van der Waals surface area (Å²) >= 11 is 0. The zero-order chi connectivity index (χ0) is 5.98. The highest BCUT2D eigenvalue weighted by Gasteiger charge is 1.85. The molecule has 0 aliphatic carbocycles. The molecule has 1 rings (SSSR count). The molecule has 1 aromatic rings. The number of hydrogen-bond acceptors (Lipinski definition) is 2. The molecule has 1 heterocycles. The van der Waals surface area contributed by atoms with E-state index in [-0.39, 0.29) is 10.8 Å². The molecule has 0 spiro atoms. The molecule has 0 radical (unpaired) electrons. The average molecular weight is 132 g/mol. The zero-order valence-electron chi connectivity index (χ0n) is 4.92. The number of quaternary nitrogens is 1. The lowest BCUT2D eigenvalue weighted by Crippen LogP contribution is -2.30. The lowest BCUT2D eigenvalue weighted by molar-refractivity contribution is -0.630. The summed E-state index contributed by atoms with van der Waals surface area (Å²) in [4.78, 5) is 20.3. The third-order valence-corrected chi connectivity index (χ3v) is 0.638. The van der Waals surface area contributed by atoms with Crippen molar-refractivity contribution in [2.24, 2.45) is 0 Å². The molecule has 0 saturated carbocycles. The fourth-order valence-corrected chi connectivity index (χ4v) is 0.350. The van der Waals surface area contributed by atoms with Crippen molar-refractivity contribution in [2.45, 2.75) is 0 Å². The summed E-state index contributed by atoms with van der Waals surface area (Å²) in [5.74, 6) is 0. The molecule has 50 valence electrons. The van der Waals surface area contributed by atoms with Gasteiger partial charge in [-0.05, 0) is 5.10 Å². The third-order valence-electron chi connectivity index (χ3n) is 0.638. The van der Waals surface area contributed by atoms with Crippen LogP contribution in [0.3, 0.4) is 0 Å². The Hall–Kier alpha value is -1.43. The van der Waals surface area contributed by atoms with E-state index in [0.29, 0.717) is 0 Å². The second-order valence-electron chi connectivity index (χ2n) is 1.23. The normalized spacial score (nSPS) is 8.00. The minimum atomic E-state index is -0.418. The molecular weight excluding hydrogens is 124 g/mol. The van der Waals surface area contributed by atoms with E-state index in [9.17, 15) is 9.70 Å². The van der Waals surface area contributed by atoms with Gasteiger partial charge in [0.1, 0.15) is 0 Å². The van der Waals surface area contributed by atoms with Crippen molar-refractivity contribution in [1.82, 2.24) is 16.3 Å². The maximum Gasteiger partial charge on any atom is 0.307 e. The van der Waals surface area contributed by atoms with Crippen LogP contribution in [0.5, 0.6) is 0 Å². The number of nitrogens with one attached hydrogen (secondary N) is 2.